The van der Waals surface area contributed by atoms with Crippen molar-refractivity contribution in [2.75, 3.05) is 24.3 Å². The average Bonchev–Trinajstić information content (AvgIpc) is 2.76. The van der Waals surface area contributed by atoms with Crippen molar-refractivity contribution in [1.82, 2.24) is 16.0 Å². The molecule has 33 heavy (non-hydrogen) atoms. The zero-order valence-corrected chi connectivity index (χ0v) is 20.3. The Hall–Kier alpha value is -2.03. The van der Waals surface area contributed by atoms with Gasteiger partial charge in [-0.3, -0.25) is 19.2 Å². The lowest BCUT2D eigenvalue weighted by molar-refractivity contribution is -0.141. The van der Waals surface area contributed by atoms with E-state index in [1.807, 2.05) is 6.26 Å². The van der Waals surface area contributed by atoms with Crippen LogP contribution >= 0.6 is 24.4 Å². The number of rotatable bonds is 18. The molecule has 0 radical (unpaired) electrons. The van der Waals surface area contributed by atoms with Crippen LogP contribution in [0.2, 0.25) is 0 Å². The Morgan fingerprint density at radius 3 is 1.91 bits per heavy atom. The number of carbonyl (C=O) groups is 5. The zero-order valence-electron chi connectivity index (χ0n) is 18.6. The van der Waals surface area contributed by atoms with Gasteiger partial charge in [0.25, 0.3) is 0 Å². The summed E-state index contributed by atoms with van der Waals surface area (Å²) in [6.45, 7) is 0.386. The maximum absolute atomic E-state index is 12.9. The summed E-state index contributed by atoms with van der Waals surface area (Å²) in [6, 6.07) is -4.39. The number of thiol groups is 1. The van der Waals surface area contributed by atoms with Crippen molar-refractivity contribution in [2.45, 2.75) is 62.7 Å². The lowest BCUT2D eigenvalue weighted by Crippen LogP contribution is -2.57. The Labute approximate surface area is 202 Å². The van der Waals surface area contributed by atoms with Crippen LogP contribution in [0.5, 0.6) is 0 Å². The predicted octanol–water partition coefficient (Wildman–Crippen LogP) is -1.47. The van der Waals surface area contributed by atoms with Gasteiger partial charge in [-0.25, -0.2) is 4.79 Å². The molecule has 190 valence electrons. The number of carboxylic acid groups (broad SMARTS) is 2. The van der Waals surface area contributed by atoms with Gasteiger partial charge in [-0.15, -0.1) is 0 Å². The zero-order chi connectivity index (χ0) is 25.4. The SMILES string of the molecule is CSCCC(NC(=O)C(N)CCC(=O)O)C(=O)NC(CCCCN)C(=O)NC(CS)C(=O)O. The van der Waals surface area contributed by atoms with Crippen molar-refractivity contribution in [3.8, 4) is 0 Å². The standard InChI is InChI=1S/C19H35N5O7S2/c1-33-9-7-13(22-16(27)11(21)5-6-15(25)26)18(29)23-12(4-2-3-8-20)17(28)24-14(10-32)19(30)31/h11-14,32H,2-10,20-21H2,1H3,(H,22,27)(H,23,29)(H,24,28)(H,25,26)(H,30,31). The Balaban J connectivity index is 5.34. The van der Waals surface area contributed by atoms with E-state index < -0.39 is 53.8 Å². The van der Waals surface area contributed by atoms with Crippen molar-refractivity contribution >= 4 is 54.1 Å². The van der Waals surface area contributed by atoms with Crippen LogP contribution in [0.1, 0.15) is 38.5 Å². The molecule has 0 saturated carbocycles. The average molecular weight is 510 g/mol. The van der Waals surface area contributed by atoms with Gasteiger partial charge in [-0.2, -0.15) is 24.4 Å². The minimum atomic E-state index is -1.26. The molecule has 0 aliphatic carbocycles. The fourth-order valence-corrected chi connectivity index (χ4v) is 3.40. The molecule has 0 aliphatic rings. The lowest BCUT2D eigenvalue weighted by atomic mass is 10.1. The van der Waals surface area contributed by atoms with Crippen LogP contribution in [0.4, 0.5) is 0 Å². The number of nitrogens with one attached hydrogen (secondary N) is 3. The van der Waals surface area contributed by atoms with Gasteiger partial charge in [0.2, 0.25) is 17.7 Å². The molecule has 14 heteroatoms. The fraction of sp³-hybridized carbons (Fsp3) is 0.737. The first-order chi connectivity index (χ1) is 15.6. The molecule has 0 fully saturated rings. The molecule has 0 heterocycles. The molecular weight excluding hydrogens is 474 g/mol. The number of carbonyl (C=O) groups excluding carboxylic acids is 3. The van der Waals surface area contributed by atoms with Gasteiger partial charge >= 0.3 is 11.9 Å². The van der Waals surface area contributed by atoms with Crippen LogP contribution in [0.25, 0.3) is 0 Å². The van der Waals surface area contributed by atoms with E-state index in [-0.39, 0.29) is 31.4 Å². The second-order valence-electron chi connectivity index (χ2n) is 7.31. The molecule has 4 unspecified atom stereocenters. The maximum Gasteiger partial charge on any atom is 0.327 e. The number of nitrogens with two attached hydrogens (primary N) is 2. The number of amides is 3. The van der Waals surface area contributed by atoms with E-state index in [1.54, 1.807) is 0 Å². The quantitative estimate of drug-likeness (QED) is 0.0793. The molecule has 12 nitrogen and oxygen atoms in total. The summed E-state index contributed by atoms with van der Waals surface area (Å²) in [7, 11) is 0. The molecule has 0 rings (SSSR count). The third-order valence-electron chi connectivity index (χ3n) is 4.63. The van der Waals surface area contributed by atoms with Crippen molar-refractivity contribution in [3.05, 3.63) is 0 Å². The van der Waals surface area contributed by atoms with E-state index in [0.717, 1.165) is 0 Å². The van der Waals surface area contributed by atoms with E-state index in [0.29, 0.717) is 25.1 Å². The largest absolute Gasteiger partial charge is 0.481 e. The number of aliphatic carboxylic acids is 2. The summed E-state index contributed by atoms with van der Waals surface area (Å²) in [5.74, 6) is -3.96. The number of thioether (sulfide) groups is 1. The highest BCUT2D eigenvalue weighted by atomic mass is 32.2. The maximum atomic E-state index is 12.9. The summed E-state index contributed by atoms with van der Waals surface area (Å²) in [5, 5.41) is 25.3. The van der Waals surface area contributed by atoms with Crippen molar-refractivity contribution < 1.29 is 34.2 Å². The van der Waals surface area contributed by atoms with E-state index >= 15 is 0 Å². The first-order valence-corrected chi connectivity index (χ1v) is 12.5. The molecule has 0 spiro atoms. The highest BCUT2D eigenvalue weighted by Crippen LogP contribution is 2.07. The van der Waals surface area contributed by atoms with Crippen molar-refractivity contribution in [1.29, 1.82) is 0 Å². The normalized spacial score (nSPS) is 14.4. The highest BCUT2D eigenvalue weighted by Gasteiger charge is 2.29. The third-order valence-corrected chi connectivity index (χ3v) is 5.64. The monoisotopic (exact) mass is 509 g/mol. The van der Waals surface area contributed by atoms with Crippen LogP contribution in [-0.2, 0) is 24.0 Å². The fourth-order valence-electron chi connectivity index (χ4n) is 2.69. The van der Waals surface area contributed by atoms with Crippen LogP contribution in [0, 0.1) is 0 Å². The van der Waals surface area contributed by atoms with E-state index in [9.17, 15) is 24.0 Å². The van der Waals surface area contributed by atoms with Crippen LogP contribution in [0.3, 0.4) is 0 Å². The summed E-state index contributed by atoms with van der Waals surface area (Å²) >= 11 is 5.36. The topological polar surface area (TPSA) is 214 Å². The Bertz CT molecular complexity index is 668. The minimum absolute atomic E-state index is 0.0948. The lowest BCUT2D eigenvalue weighted by Gasteiger charge is -2.25. The number of hydrogen-bond acceptors (Lipinski definition) is 9. The molecule has 3 amide bonds. The van der Waals surface area contributed by atoms with E-state index in [2.05, 4.69) is 28.6 Å². The first kappa shape index (κ1) is 31.0. The van der Waals surface area contributed by atoms with Crippen LogP contribution in [0.15, 0.2) is 0 Å². The summed E-state index contributed by atoms with van der Waals surface area (Å²) in [4.78, 5) is 59.8. The van der Waals surface area contributed by atoms with Gasteiger partial charge < -0.3 is 37.6 Å². The molecule has 0 aliphatic heterocycles. The minimum Gasteiger partial charge on any atom is -0.481 e. The van der Waals surface area contributed by atoms with Gasteiger partial charge in [0.15, 0.2) is 0 Å². The molecule has 4 atom stereocenters. The first-order valence-electron chi connectivity index (χ1n) is 10.5. The molecule has 9 N–H and O–H groups in total. The third kappa shape index (κ3) is 13.3. The number of unbranched alkanes of at least 4 members (excludes halogenated alkanes) is 1. The summed E-state index contributed by atoms with van der Waals surface area (Å²) < 4.78 is 0. The highest BCUT2D eigenvalue weighted by molar-refractivity contribution is 7.98. The van der Waals surface area contributed by atoms with E-state index in [1.165, 1.54) is 11.8 Å². The molecule has 0 aromatic rings. The van der Waals surface area contributed by atoms with Gasteiger partial charge in [0.1, 0.15) is 18.1 Å². The predicted molar refractivity (Wildman–Crippen MR) is 128 cm³/mol. The smallest absolute Gasteiger partial charge is 0.327 e. The van der Waals surface area contributed by atoms with Gasteiger partial charge in [0, 0.05) is 12.2 Å². The molecule has 0 aromatic carbocycles. The van der Waals surface area contributed by atoms with Crippen LogP contribution in [-0.4, -0.2) is 88.3 Å². The van der Waals surface area contributed by atoms with Gasteiger partial charge in [-0.05, 0) is 50.7 Å². The summed E-state index contributed by atoms with van der Waals surface area (Å²) in [6.07, 6.45) is 3.00. The van der Waals surface area contributed by atoms with Gasteiger partial charge in [-0.1, -0.05) is 0 Å². The number of carboxylic acids is 2. The molecular formula is C19H35N5O7S2. The molecule has 0 aromatic heterocycles. The molecule has 0 saturated heterocycles. The van der Waals surface area contributed by atoms with Crippen molar-refractivity contribution in [2.24, 2.45) is 11.5 Å². The number of hydrogen-bond donors (Lipinski definition) is 8. The second kappa shape index (κ2) is 17.4. The Morgan fingerprint density at radius 1 is 0.879 bits per heavy atom. The second-order valence-corrected chi connectivity index (χ2v) is 8.66. The Morgan fingerprint density at radius 2 is 1.42 bits per heavy atom. The van der Waals surface area contributed by atoms with E-state index in [4.69, 9.17) is 21.7 Å². The van der Waals surface area contributed by atoms with Crippen molar-refractivity contribution in [3.63, 3.8) is 0 Å². The summed E-state index contributed by atoms with van der Waals surface area (Å²) in [5.41, 5.74) is 11.2. The molecule has 0 bridgehead atoms. The Kier molecular flexibility index (Phi) is 16.4. The van der Waals surface area contributed by atoms with Crippen LogP contribution < -0.4 is 27.4 Å². The van der Waals surface area contributed by atoms with Gasteiger partial charge in [0.05, 0.1) is 6.04 Å².